The number of carboxylic acids is 1. The van der Waals surface area contributed by atoms with Crippen LogP contribution >= 0.6 is 0 Å². The van der Waals surface area contributed by atoms with Crippen molar-refractivity contribution in [3.05, 3.63) is 24.8 Å². The van der Waals surface area contributed by atoms with E-state index in [1.807, 2.05) is 13.0 Å². The summed E-state index contributed by atoms with van der Waals surface area (Å²) in [6.07, 6.45) is 1.54. The van der Waals surface area contributed by atoms with E-state index in [2.05, 4.69) is 32.8 Å². The van der Waals surface area contributed by atoms with Crippen LogP contribution in [0.2, 0.25) is 25.7 Å². The fraction of sp³-hybridized carbons (Fsp3) is 0.684. The molecule has 0 bridgehead atoms. The molecule has 0 rings (SSSR count). The van der Waals surface area contributed by atoms with E-state index in [0.29, 0.717) is 12.2 Å². The molecule has 0 saturated heterocycles. The number of allylic oxidation sites excluding steroid dienone is 1. The highest BCUT2D eigenvalue weighted by Crippen LogP contribution is 2.11. The van der Waals surface area contributed by atoms with Gasteiger partial charge in [-0.05, 0) is 47.6 Å². The van der Waals surface area contributed by atoms with Gasteiger partial charge in [-0.25, -0.2) is 4.79 Å². The summed E-state index contributed by atoms with van der Waals surface area (Å²) in [6, 6.07) is 1.24. The maximum Gasteiger partial charge on any atom is 0.335 e. The fourth-order valence-corrected chi connectivity index (χ4v) is 1.82. The Hall–Kier alpha value is -1.40. The predicted octanol–water partition coefficient (Wildman–Crippen LogP) is 5.12. The number of ether oxygens (including phenoxy) is 2. The average molecular weight is 375 g/mol. The third-order valence-electron chi connectivity index (χ3n) is 2.42. The molecule has 0 aromatic carbocycles. The molecular weight excluding hydrogens is 336 g/mol. The van der Waals surface area contributed by atoms with Gasteiger partial charge < -0.3 is 14.6 Å². The molecule has 0 aromatic rings. The van der Waals surface area contributed by atoms with Crippen LogP contribution in [0.5, 0.6) is 0 Å². The highest BCUT2D eigenvalue weighted by molar-refractivity contribution is 6.76. The zero-order valence-corrected chi connectivity index (χ0v) is 18.6. The van der Waals surface area contributed by atoms with Crippen LogP contribution in [0.4, 0.5) is 0 Å². The van der Waals surface area contributed by atoms with Crippen molar-refractivity contribution >= 4 is 20.0 Å². The minimum absolute atomic E-state index is 0.386. The second-order valence-corrected chi connectivity index (χ2v) is 13.3. The largest absolute Gasteiger partial charge is 0.481 e. The minimum Gasteiger partial charge on any atom is -0.481 e. The van der Waals surface area contributed by atoms with Crippen molar-refractivity contribution in [3.63, 3.8) is 0 Å². The number of carbonyl (C=O) groups excluding carboxylic acids is 1. The van der Waals surface area contributed by atoms with Crippen LogP contribution in [0.1, 0.15) is 41.5 Å². The Morgan fingerprint density at radius 3 is 1.80 bits per heavy atom. The van der Waals surface area contributed by atoms with Gasteiger partial charge in [0, 0.05) is 20.3 Å². The lowest BCUT2D eigenvalue weighted by molar-refractivity contribution is -0.169. The minimum atomic E-state index is -0.775. The summed E-state index contributed by atoms with van der Waals surface area (Å²) in [5.41, 5.74) is -0.198. The Bertz CT molecular complexity index is 417. The summed E-state index contributed by atoms with van der Waals surface area (Å²) >= 11 is 0. The lowest BCUT2D eigenvalue weighted by atomic mass is 9.98. The van der Waals surface area contributed by atoms with Gasteiger partial charge in [-0.15, -0.1) is 6.58 Å². The van der Waals surface area contributed by atoms with Gasteiger partial charge in [0.25, 0.3) is 0 Å². The van der Waals surface area contributed by atoms with Crippen LogP contribution in [0, 0.1) is 5.41 Å². The number of carbonyl (C=O) groups is 2. The molecule has 5 nitrogen and oxygen atoms in total. The molecule has 25 heavy (non-hydrogen) atoms. The molecule has 148 valence electrons. The van der Waals surface area contributed by atoms with Gasteiger partial charge >= 0.3 is 11.9 Å². The molecule has 1 N–H and O–H groups in total. The highest BCUT2D eigenvalue weighted by Gasteiger charge is 2.18. The van der Waals surface area contributed by atoms with Crippen molar-refractivity contribution in [2.45, 2.75) is 73.5 Å². The van der Waals surface area contributed by atoms with E-state index < -0.39 is 31.7 Å². The summed E-state index contributed by atoms with van der Waals surface area (Å²) < 4.78 is 9.77. The van der Waals surface area contributed by atoms with Crippen molar-refractivity contribution in [2.24, 2.45) is 5.41 Å². The van der Waals surface area contributed by atoms with E-state index in [4.69, 9.17) is 14.6 Å². The van der Waals surface area contributed by atoms with Gasteiger partial charge in [0.05, 0.1) is 5.41 Å². The maximum atomic E-state index is 10.8. The second-order valence-electron chi connectivity index (χ2n) is 7.82. The molecule has 0 aliphatic heterocycles. The molecule has 0 aliphatic rings. The molecule has 0 aromatic heterocycles. The molecule has 6 heteroatoms. The summed E-state index contributed by atoms with van der Waals surface area (Å²) in [4.78, 5) is 20.8. The van der Waals surface area contributed by atoms with Crippen LogP contribution in [-0.4, -0.2) is 38.0 Å². The van der Waals surface area contributed by atoms with E-state index in [0.717, 1.165) is 0 Å². The summed E-state index contributed by atoms with van der Waals surface area (Å²) in [5.74, 6) is -1.17. The summed E-state index contributed by atoms with van der Waals surface area (Å²) in [7, 11) is -0.775. The molecule has 0 aliphatic carbocycles. The fourth-order valence-electron chi connectivity index (χ4n) is 0.953. The van der Waals surface area contributed by atoms with Crippen molar-refractivity contribution in [2.75, 3.05) is 6.61 Å². The quantitative estimate of drug-likeness (QED) is 0.230. The Morgan fingerprint density at radius 1 is 1.24 bits per heavy atom. The van der Waals surface area contributed by atoms with Gasteiger partial charge in [-0.1, -0.05) is 32.3 Å². The number of aliphatic carboxylic acids is 1. The van der Waals surface area contributed by atoms with Crippen LogP contribution in [0.25, 0.3) is 0 Å². The number of hydrogen-bond acceptors (Lipinski definition) is 4. The number of esters is 1. The topological polar surface area (TPSA) is 72.8 Å². The Labute approximate surface area is 155 Å². The Kier molecular flexibility index (Phi) is 15.7. The number of rotatable bonds is 6. The van der Waals surface area contributed by atoms with Crippen molar-refractivity contribution in [3.8, 4) is 0 Å². The van der Waals surface area contributed by atoms with E-state index in [1.54, 1.807) is 34.6 Å². The van der Waals surface area contributed by atoms with Crippen LogP contribution in [-0.2, 0) is 19.1 Å². The van der Waals surface area contributed by atoms with E-state index in [9.17, 15) is 9.59 Å². The number of carboxylic acid groups (broad SMARTS) is 1. The second kappa shape index (κ2) is 13.8. The van der Waals surface area contributed by atoms with Crippen LogP contribution in [0.3, 0.4) is 0 Å². The van der Waals surface area contributed by atoms with Gasteiger partial charge in [-0.3, -0.25) is 4.79 Å². The lowest BCUT2D eigenvalue weighted by Crippen LogP contribution is -2.18. The van der Waals surface area contributed by atoms with Gasteiger partial charge in [0.15, 0.2) is 6.29 Å². The first kappa shape index (κ1) is 28.4. The van der Waals surface area contributed by atoms with E-state index in [1.165, 1.54) is 6.04 Å². The van der Waals surface area contributed by atoms with E-state index >= 15 is 0 Å². The zero-order chi connectivity index (χ0) is 20.8. The van der Waals surface area contributed by atoms with Crippen molar-refractivity contribution in [1.29, 1.82) is 0 Å². The molecule has 0 saturated carbocycles. The molecular formula is C19H38O5Si. The molecule has 0 amide bonds. The molecule has 0 radical (unpaired) electrons. The first-order chi connectivity index (χ1) is 11.1. The molecule has 0 heterocycles. The third-order valence-corrected chi connectivity index (χ3v) is 3.93. The molecule has 0 spiro atoms. The highest BCUT2D eigenvalue weighted by atomic mass is 28.3. The zero-order valence-electron chi connectivity index (χ0n) is 17.6. The van der Waals surface area contributed by atoms with Crippen molar-refractivity contribution in [1.82, 2.24) is 0 Å². The lowest BCUT2D eigenvalue weighted by Gasteiger charge is -2.11. The van der Waals surface area contributed by atoms with Gasteiger partial charge in [0.1, 0.15) is 0 Å². The normalized spacial score (nSPS) is 11.7. The molecule has 0 fully saturated rings. The smallest absolute Gasteiger partial charge is 0.335 e. The third kappa shape index (κ3) is 25.0. The van der Waals surface area contributed by atoms with E-state index in [-0.39, 0.29) is 0 Å². The van der Waals surface area contributed by atoms with Gasteiger partial charge in [0.2, 0.25) is 0 Å². The summed E-state index contributed by atoms with van der Waals surface area (Å²) in [6.45, 7) is 24.8. The predicted molar refractivity (Wildman–Crippen MR) is 107 cm³/mol. The first-order valence-corrected chi connectivity index (χ1v) is 12.1. The Morgan fingerprint density at radius 2 is 1.64 bits per heavy atom. The van der Waals surface area contributed by atoms with Crippen LogP contribution in [0.15, 0.2) is 24.8 Å². The van der Waals surface area contributed by atoms with Gasteiger partial charge in [-0.2, -0.15) is 0 Å². The van der Waals surface area contributed by atoms with Crippen LogP contribution < -0.4 is 0 Å². The first-order valence-electron chi connectivity index (χ1n) is 8.40. The Balaban J connectivity index is -0.000000304. The number of hydrogen-bond donors (Lipinski definition) is 1. The SMILES string of the molecule is C=C(C)C(=O)OC(C)OCC.C=CC[Si](C)(C)C.CC(C)(C)C(=O)O. The molecule has 1 atom stereocenters. The summed E-state index contributed by atoms with van der Waals surface area (Å²) in [5, 5.41) is 8.25. The maximum absolute atomic E-state index is 10.8. The monoisotopic (exact) mass is 374 g/mol. The van der Waals surface area contributed by atoms with Crippen molar-refractivity contribution < 1.29 is 24.2 Å². The average Bonchev–Trinajstić information content (AvgIpc) is 2.37. The molecule has 1 unspecified atom stereocenters. The standard InChI is InChI=1S/C8H14O3.C6H14Si.C5H10O2/c1-5-10-7(4)11-8(9)6(2)3;1-5-6-7(2,3)4;1-5(2,3)4(6)7/h7H,2,5H2,1,3-4H3;5H,1,6H2,2-4H3;1-3H3,(H,6,7).